The number of carbonyl (C=O) groups is 3. The maximum Gasteiger partial charge on any atom is 0.307 e. The molecule has 6 nitrogen and oxygen atoms in total. The van der Waals surface area contributed by atoms with E-state index >= 15 is 0 Å². The third-order valence-corrected chi connectivity index (χ3v) is 3.25. The zero-order valence-electron chi connectivity index (χ0n) is 13.6. The molecule has 0 spiro atoms. The summed E-state index contributed by atoms with van der Waals surface area (Å²) in [7, 11) is 1.24. The lowest BCUT2D eigenvalue weighted by molar-refractivity contribution is -0.140. The molecule has 1 aromatic carbocycles. The second kappa shape index (κ2) is 9.59. The van der Waals surface area contributed by atoms with Crippen LogP contribution in [0.2, 0.25) is 0 Å². The summed E-state index contributed by atoms with van der Waals surface area (Å²) in [6, 6.07) is 2.87. The first-order chi connectivity index (χ1) is 11.3. The number of carbonyl (C=O) groups excluding carboxylic acids is 3. The van der Waals surface area contributed by atoms with E-state index in [1.54, 1.807) is 0 Å². The molecule has 1 N–H and O–H groups in total. The molecule has 0 aliphatic heterocycles. The maximum atomic E-state index is 13.3. The molecule has 24 heavy (non-hydrogen) atoms. The molecule has 0 aliphatic rings. The van der Waals surface area contributed by atoms with Crippen LogP contribution in [0.1, 0.15) is 30.1 Å². The van der Waals surface area contributed by atoms with Crippen LogP contribution in [-0.4, -0.2) is 49.4 Å². The molecule has 0 saturated carbocycles. The Morgan fingerprint density at radius 2 is 1.88 bits per heavy atom. The number of amides is 2. The summed E-state index contributed by atoms with van der Waals surface area (Å²) < 4.78 is 30.8. The van der Waals surface area contributed by atoms with E-state index in [0.717, 1.165) is 12.1 Å². The van der Waals surface area contributed by atoms with Gasteiger partial charge in [0.2, 0.25) is 5.91 Å². The summed E-state index contributed by atoms with van der Waals surface area (Å²) in [6.07, 6.45) is 0.433. The van der Waals surface area contributed by atoms with Crippen molar-refractivity contribution in [3.05, 3.63) is 35.4 Å². The maximum absolute atomic E-state index is 13.3. The predicted molar refractivity (Wildman–Crippen MR) is 82.2 cm³/mol. The predicted octanol–water partition coefficient (Wildman–Crippen LogP) is 1.50. The van der Waals surface area contributed by atoms with E-state index < -0.39 is 23.5 Å². The van der Waals surface area contributed by atoms with Crippen LogP contribution in [0.15, 0.2) is 18.2 Å². The van der Waals surface area contributed by atoms with Crippen molar-refractivity contribution in [1.82, 2.24) is 10.2 Å². The van der Waals surface area contributed by atoms with Crippen LogP contribution >= 0.6 is 0 Å². The minimum absolute atomic E-state index is 0.0155. The lowest BCUT2D eigenvalue weighted by atomic mass is 10.1. The van der Waals surface area contributed by atoms with Crippen LogP contribution in [0.4, 0.5) is 8.78 Å². The van der Waals surface area contributed by atoms with Crippen LogP contribution in [0.3, 0.4) is 0 Å². The molecule has 0 bridgehead atoms. The van der Waals surface area contributed by atoms with Gasteiger partial charge in [-0.2, -0.15) is 0 Å². The molecule has 0 fully saturated rings. The number of nitrogens with zero attached hydrogens (tertiary/aromatic N) is 1. The Kier molecular flexibility index (Phi) is 7.81. The van der Waals surface area contributed by atoms with Crippen molar-refractivity contribution in [2.24, 2.45) is 0 Å². The van der Waals surface area contributed by atoms with E-state index in [2.05, 4.69) is 10.1 Å². The summed E-state index contributed by atoms with van der Waals surface area (Å²) in [5.74, 6) is -3.37. The molecule has 0 saturated heterocycles. The molecule has 0 heterocycles. The smallest absolute Gasteiger partial charge is 0.307 e. The molecule has 8 heteroatoms. The van der Waals surface area contributed by atoms with Crippen LogP contribution in [0, 0.1) is 11.6 Å². The third-order valence-electron chi connectivity index (χ3n) is 3.25. The van der Waals surface area contributed by atoms with Crippen LogP contribution in [-0.2, 0) is 14.3 Å². The van der Waals surface area contributed by atoms with Gasteiger partial charge >= 0.3 is 5.97 Å². The molecular formula is C16H20F2N2O4. The van der Waals surface area contributed by atoms with E-state index in [1.165, 1.54) is 25.0 Å². The topological polar surface area (TPSA) is 75.7 Å². The second-order valence-electron chi connectivity index (χ2n) is 5.08. The fraction of sp³-hybridized carbons (Fsp3) is 0.438. The first-order valence-electron chi connectivity index (χ1n) is 7.40. The van der Waals surface area contributed by atoms with Gasteiger partial charge in [0.1, 0.15) is 0 Å². The summed E-state index contributed by atoms with van der Waals surface area (Å²) in [6.45, 7) is 2.05. The van der Waals surface area contributed by atoms with Crippen LogP contribution < -0.4 is 5.32 Å². The highest BCUT2D eigenvalue weighted by molar-refractivity contribution is 5.94. The van der Waals surface area contributed by atoms with Gasteiger partial charge in [-0.3, -0.25) is 14.4 Å². The van der Waals surface area contributed by atoms with Crippen molar-refractivity contribution in [2.75, 3.05) is 26.7 Å². The zero-order chi connectivity index (χ0) is 18.1. The molecule has 0 unspecified atom stereocenters. The Bertz CT molecular complexity index is 608. The lowest BCUT2D eigenvalue weighted by Crippen LogP contribution is -2.36. The molecule has 0 aliphatic carbocycles. The van der Waals surface area contributed by atoms with E-state index in [4.69, 9.17) is 0 Å². The quantitative estimate of drug-likeness (QED) is 0.574. The highest BCUT2D eigenvalue weighted by Gasteiger charge is 2.18. The third kappa shape index (κ3) is 6.31. The number of nitrogens with one attached hydrogen (secondary N) is 1. The van der Waals surface area contributed by atoms with Crippen molar-refractivity contribution in [3.8, 4) is 0 Å². The molecule has 0 radical (unpaired) electrons. The molecule has 0 aromatic heterocycles. The standard InChI is InChI=1S/C16H20F2N2O4/c1-11(21)19-7-3-8-20(9-6-15(22)24-2)16(23)12-4-5-13(17)14(18)10-12/h4-5,10H,3,6-9H2,1-2H3,(H,19,21). The largest absolute Gasteiger partial charge is 0.469 e. The number of rotatable bonds is 8. The minimum atomic E-state index is -1.12. The Labute approximate surface area is 138 Å². The van der Waals surface area contributed by atoms with Gasteiger partial charge < -0.3 is 15.0 Å². The number of benzene rings is 1. The van der Waals surface area contributed by atoms with Crippen molar-refractivity contribution in [3.63, 3.8) is 0 Å². The van der Waals surface area contributed by atoms with Gasteiger partial charge in [-0.1, -0.05) is 0 Å². The average molecular weight is 342 g/mol. The number of methoxy groups -OCH3 is 1. The first-order valence-corrected chi connectivity index (χ1v) is 7.40. The number of esters is 1. The molecule has 132 valence electrons. The average Bonchev–Trinajstić information content (AvgIpc) is 2.55. The van der Waals surface area contributed by atoms with Crippen LogP contribution in [0.25, 0.3) is 0 Å². The van der Waals surface area contributed by atoms with Gasteiger partial charge in [-0.25, -0.2) is 8.78 Å². The lowest BCUT2D eigenvalue weighted by Gasteiger charge is -2.22. The number of halogens is 2. The highest BCUT2D eigenvalue weighted by Crippen LogP contribution is 2.12. The van der Waals surface area contributed by atoms with E-state index in [0.29, 0.717) is 13.0 Å². The number of ether oxygens (including phenoxy) is 1. The Morgan fingerprint density at radius 3 is 2.46 bits per heavy atom. The number of hydrogen-bond acceptors (Lipinski definition) is 4. The van der Waals surface area contributed by atoms with Crippen molar-refractivity contribution < 1.29 is 27.9 Å². The highest BCUT2D eigenvalue weighted by atomic mass is 19.2. The molecule has 1 rings (SSSR count). The van der Waals surface area contributed by atoms with Gasteiger partial charge in [0.15, 0.2) is 11.6 Å². The fourth-order valence-corrected chi connectivity index (χ4v) is 1.99. The molecule has 2 amide bonds. The van der Waals surface area contributed by atoms with E-state index in [-0.39, 0.29) is 31.0 Å². The minimum Gasteiger partial charge on any atom is -0.469 e. The Morgan fingerprint density at radius 1 is 1.17 bits per heavy atom. The zero-order valence-corrected chi connectivity index (χ0v) is 13.6. The SMILES string of the molecule is COC(=O)CCN(CCCNC(C)=O)C(=O)c1ccc(F)c(F)c1. The second-order valence-corrected chi connectivity index (χ2v) is 5.08. The van der Waals surface area contributed by atoms with E-state index in [1.807, 2.05) is 0 Å². The normalized spacial score (nSPS) is 10.2. The Hall–Kier alpha value is -2.51. The first kappa shape index (κ1) is 19.5. The molecular weight excluding hydrogens is 322 g/mol. The van der Waals surface area contributed by atoms with Crippen LogP contribution in [0.5, 0.6) is 0 Å². The molecule has 0 atom stereocenters. The van der Waals surface area contributed by atoms with Gasteiger partial charge in [0.25, 0.3) is 5.91 Å². The Balaban J connectivity index is 2.76. The van der Waals surface area contributed by atoms with Gasteiger partial charge in [-0.05, 0) is 24.6 Å². The van der Waals surface area contributed by atoms with Crippen molar-refractivity contribution in [2.45, 2.75) is 19.8 Å². The van der Waals surface area contributed by atoms with Crippen molar-refractivity contribution in [1.29, 1.82) is 0 Å². The van der Waals surface area contributed by atoms with Crippen molar-refractivity contribution >= 4 is 17.8 Å². The van der Waals surface area contributed by atoms with Gasteiger partial charge in [0.05, 0.1) is 13.5 Å². The number of hydrogen-bond donors (Lipinski definition) is 1. The molecule has 1 aromatic rings. The summed E-state index contributed by atoms with van der Waals surface area (Å²) >= 11 is 0. The van der Waals surface area contributed by atoms with E-state index in [9.17, 15) is 23.2 Å². The van der Waals surface area contributed by atoms with Gasteiger partial charge in [0, 0.05) is 32.1 Å². The summed E-state index contributed by atoms with van der Waals surface area (Å²) in [5.41, 5.74) is -0.0155. The van der Waals surface area contributed by atoms with Gasteiger partial charge in [-0.15, -0.1) is 0 Å². The fourth-order valence-electron chi connectivity index (χ4n) is 1.99. The summed E-state index contributed by atoms with van der Waals surface area (Å²) in [4.78, 5) is 35.9. The summed E-state index contributed by atoms with van der Waals surface area (Å²) in [5, 5.41) is 2.59. The monoisotopic (exact) mass is 342 g/mol.